The molecule has 0 aliphatic carbocycles. The van der Waals surface area contributed by atoms with E-state index in [1.54, 1.807) is 35.4 Å². The van der Waals surface area contributed by atoms with Crippen molar-refractivity contribution in [1.82, 2.24) is 10.3 Å². The van der Waals surface area contributed by atoms with Gasteiger partial charge in [0.2, 0.25) is 0 Å². The second-order valence-corrected chi connectivity index (χ2v) is 5.41. The van der Waals surface area contributed by atoms with E-state index in [4.69, 9.17) is 0 Å². The van der Waals surface area contributed by atoms with Crippen molar-refractivity contribution in [2.24, 2.45) is 0 Å². The maximum absolute atomic E-state index is 12.5. The van der Waals surface area contributed by atoms with Gasteiger partial charge in [-0.3, -0.25) is 4.79 Å². The Hall–Kier alpha value is -2.70. The van der Waals surface area contributed by atoms with Crippen LogP contribution in [0.1, 0.15) is 28.9 Å². The first-order chi connectivity index (χ1) is 11.4. The zero-order valence-corrected chi connectivity index (χ0v) is 13.7. The van der Waals surface area contributed by atoms with Crippen LogP contribution in [0.15, 0.2) is 42.6 Å². The molecule has 128 valence electrons. The van der Waals surface area contributed by atoms with E-state index in [2.05, 4.69) is 15.0 Å². The lowest BCUT2D eigenvalue weighted by atomic mass is 10.1. The molecule has 1 heterocycles. The smallest absolute Gasteiger partial charge is 0.387 e. The summed E-state index contributed by atoms with van der Waals surface area (Å²) in [4.78, 5) is 18.4. The molecule has 0 spiro atoms. The van der Waals surface area contributed by atoms with Crippen molar-refractivity contribution >= 4 is 11.7 Å². The summed E-state index contributed by atoms with van der Waals surface area (Å²) in [7, 11) is 3.62. The Balaban J connectivity index is 2.09. The van der Waals surface area contributed by atoms with Gasteiger partial charge in [0.15, 0.2) is 0 Å². The standard InChI is InChI=1S/C17H19F2N3O2/c1-11(12-6-8-13(9-7-12)24-17(18)19)21-16(23)14-5-4-10-20-15(14)22(2)3/h4-11,17H,1-3H3,(H,21,23). The number of anilines is 1. The second kappa shape index (κ2) is 7.72. The summed E-state index contributed by atoms with van der Waals surface area (Å²) in [6.07, 6.45) is 1.62. The van der Waals surface area contributed by atoms with E-state index in [0.29, 0.717) is 11.4 Å². The van der Waals surface area contributed by atoms with Gasteiger partial charge < -0.3 is 15.0 Å². The Morgan fingerprint density at radius 2 is 1.88 bits per heavy atom. The molecule has 0 saturated carbocycles. The van der Waals surface area contributed by atoms with Crippen LogP contribution in [0, 0.1) is 0 Å². The van der Waals surface area contributed by atoms with Gasteiger partial charge in [0, 0.05) is 20.3 Å². The van der Waals surface area contributed by atoms with Gasteiger partial charge in [-0.25, -0.2) is 4.98 Å². The Kier molecular flexibility index (Phi) is 5.68. The highest BCUT2D eigenvalue weighted by molar-refractivity contribution is 5.99. The highest BCUT2D eigenvalue weighted by atomic mass is 19.3. The zero-order chi connectivity index (χ0) is 17.7. The molecule has 1 atom stereocenters. The van der Waals surface area contributed by atoms with Gasteiger partial charge in [-0.1, -0.05) is 12.1 Å². The number of amides is 1. The maximum Gasteiger partial charge on any atom is 0.387 e. The van der Waals surface area contributed by atoms with Crippen molar-refractivity contribution in [1.29, 1.82) is 0 Å². The van der Waals surface area contributed by atoms with Crippen LogP contribution in [0.5, 0.6) is 5.75 Å². The Bertz CT molecular complexity index is 690. The van der Waals surface area contributed by atoms with E-state index in [1.807, 2.05) is 21.0 Å². The number of carbonyl (C=O) groups excluding carboxylic acids is 1. The maximum atomic E-state index is 12.5. The molecule has 24 heavy (non-hydrogen) atoms. The fourth-order valence-electron chi connectivity index (χ4n) is 2.23. The monoisotopic (exact) mass is 335 g/mol. The van der Waals surface area contributed by atoms with E-state index < -0.39 is 6.61 Å². The number of nitrogens with zero attached hydrogens (tertiary/aromatic N) is 2. The fourth-order valence-corrected chi connectivity index (χ4v) is 2.23. The Morgan fingerprint density at radius 3 is 2.46 bits per heavy atom. The third-order valence-electron chi connectivity index (χ3n) is 3.41. The van der Waals surface area contributed by atoms with Crippen molar-refractivity contribution in [3.63, 3.8) is 0 Å². The predicted molar refractivity (Wildman–Crippen MR) is 87.5 cm³/mol. The molecule has 1 N–H and O–H groups in total. The summed E-state index contributed by atoms with van der Waals surface area (Å²) < 4.78 is 28.6. The van der Waals surface area contributed by atoms with E-state index in [0.717, 1.165) is 5.56 Å². The summed E-state index contributed by atoms with van der Waals surface area (Å²) in [5.74, 6) is 0.393. The Morgan fingerprint density at radius 1 is 1.21 bits per heavy atom. The van der Waals surface area contributed by atoms with Crippen molar-refractivity contribution in [2.45, 2.75) is 19.6 Å². The van der Waals surface area contributed by atoms with Crippen molar-refractivity contribution in [3.8, 4) is 5.75 Å². The first kappa shape index (κ1) is 17.7. The minimum Gasteiger partial charge on any atom is -0.435 e. The summed E-state index contributed by atoms with van der Waals surface area (Å²) in [5.41, 5.74) is 1.24. The first-order valence-electron chi connectivity index (χ1n) is 7.36. The number of rotatable bonds is 6. The van der Waals surface area contributed by atoms with Gasteiger partial charge in [-0.05, 0) is 36.8 Å². The van der Waals surface area contributed by atoms with E-state index in [9.17, 15) is 13.6 Å². The average molecular weight is 335 g/mol. The van der Waals surface area contributed by atoms with Crippen LogP contribution in [-0.4, -0.2) is 31.6 Å². The molecular weight excluding hydrogens is 316 g/mol. The minimum atomic E-state index is -2.86. The predicted octanol–water partition coefficient (Wildman–Crippen LogP) is 3.24. The molecular formula is C17H19F2N3O2. The number of benzene rings is 1. The SMILES string of the molecule is CC(NC(=O)c1cccnc1N(C)C)c1ccc(OC(F)F)cc1. The van der Waals surface area contributed by atoms with Gasteiger partial charge in [0.1, 0.15) is 11.6 Å². The van der Waals surface area contributed by atoms with Crippen LogP contribution >= 0.6 is 0 Å². The van der Waals surface area contributed by atoms with E-state index >= 15 is 0 Å². The summed E-state index contributed by atoms with van der Waals surface area (Å²) in [5, 5.41) is 2.87. The van der Waals surface area contributed by atoms with Gasteiger partial charge in [0.25, 0.3) is 5.91 Å². The molecule has 5 nitrogen and oxygen atoms in total. The van der Waals surface area contributed by atoms with Crippen LogP contribution in [0.4, 0.5) is 14.6 Å². The third kappa shape index (κ3) is 4.41. The first-order valence-corrected chi connectivity index (χ1v) is 7.36. The van der Waals surface area contributed by atoms with Gasteiger partial charge in [-0.2, -0.15) is 8.78 Å². The average Bonchev–Trinajstić information content (AvgIpc) is 2.54. The van der Waals surface area contributed by atoms with Crippen molar-refractivity contribution in [2.75, 3.05) is 19.0 Å². The summed E-state index contributed by atoms with van der Waals surface area (Å²) >= 11 is 0. The molecule has 0 aliphatic rings. The fraction of sp³-hybridized carbons (Fsp3) is 0.294. The molecule has 0 aliphatic heterocycles. The van der Waals surface area contributed by atoms with Crippen molar-refractivity contribution < 1.29 is 18.3 Å². The van der Waals surface area contributed by atoms with Crippen LogP contribution in [0.3, 0.4) is 0 Å². The number of nitrogens with one attached hydrogen (secondary N) is 1. The summed E-state index contributed by atoms with van der Waals surface area (Å²) in [6, 6.07) is 9.26. The number of hydrogen-bond acceptors (Lipinski definition) is 4. The second-order valence-electron chi connectivity index (χ2n) is 5.41. The largest absolute Gasteiger partial charge is 0.435 e. The molecule has 0 radical (unpaired) electrons. The van der Waals surface area contributed by atoms with Gasteiger partial charge in [0.05, 0.1) is 11.6 Å². The number of carbonyl (C=O) groups is 1. The molecule has 1 amide bonds. The van der Waals surface area contributed by atoms with Crippen LogP contribution in [-0.2, 0) is 0 Å². The number of hydrogen-bond donors (Lipinski definition) is 1. The highest BCUT2D eigenvalue weighted by Gasteiger charge is 2.16. The molecule has 1 unspecified atom stereocenters. The number of ether oxygens (including phenoxy) is 1. The van der Waals surface area contributed by atoms with E-state index in [1.165, 1.54) is 12.1 Å². The van der Waals surface area contributed by atoms with Crippen LogP contribution in [0.25, 0.3) is 0 Å². The Labute approximate surface area is 139 Å². The zero-order valence-electron chi connectivity index (χ0n) is 13.7. The molecule has 2 rings (SSSR count). The van der Waals surface area contributed by atoms with Gasteiger partial charge >= 0.3 is 6.61 Å². The topological polar surface area (TPSA) is 54.5 Å². The van der Waals surface area contributed by atoms with Crippen LogP contribution in [0.2, 0.25) is 0 Å². The lowest BCUT2D eigenvalue weighted by molar-refractivity contribution is -0.0498. The molecule has 1 aromatic heterocycles. The lowest BCUT2D eigenvalue weighted by Crippen LogP contribution is -2.28. The molecule has 0 saturated heterocycles. The lowest BCUT2D eigenvalue weighted by Gasteiger charge is -2.18. The quantitative estimate of drug-likeness (QED) is 0.880. The van der Waals surface area contributed by atoms with Gasteiger partial charge in [-0.15, -0.1) is 0 Å². The minimum absolute atomic E-state index is 0.0782. The summed E-state index contributed by atoms with van der Waals surface area (Å²) in [6.45, 7) is -1.05. The third-order valence-corrected chi connectivity index (χ3v) is 3.41. The molecule has 0 bridgehead atoms. The van der Waals surface area contributed by atoms with Crippen LogP contribution < -0.4 is 15.0 Å². The number of halogens is 2. The highest BCUT2D eigenvalue weighted by Crippen LogP contribution is 2.20. The number of aromatic nitrogens is 1. The molecule has 2 aromatic rings. The van der Waals surface area contributed by atoms with E-state index in [-0.39, 0.29) is 17.7 Å². The number of alkyl halides is 2. The molecule has 1 aromatic carbocycles. The van der Waals surface area contributed by atoms with Crippen molar-refractivity contribution in [3.05, 3.63) is 53.7 Å². The normalized spacial score (nSPS) is 11.9. The number of pyridine rings is 1. The molecule has 0 fully saturated rings. The molecule has 7 heteroatoms.